The van der Waals surface area contributed by atoms with Crippen molar-refractivity contribution < 1.29 is 9.53 Å². The fourth-order valence-corrected chi connectivity index (χ4v) is 3.31. The summed E-state index contributed by atoms with van der Waals surface area (Å²) in [6, 6.07) is 5.88. The zero-order chi connectivity index (χ0) is 14.9. The Balaban J connectivity index is 2.59. The highest BCUT2D eigenvalue weighted by molar-refractivity contribution is 7.14. The predicted molar refractivity (Wildman–Crippen MR) is 78.5 cm³/mol. The molecule has 0 aliphatic rings. The third kappa shape index (κ3) is 2.35. The van der Waals surface area contributed by atoms with E-state index in [1.54, 1.807) is 18.3 Å². The van der Waals surface area contributed by atoms with E-state index in [4.69, 9.17) is 4.74 Å². The molecule has 0 radical (unpaired) electrons. The highest BCUT2D eigenvalue weighted by Crippen LogP contribution is 2.30. The van der Waals surface area contributed by atoms with Crippen molar-refractivity contribution in [3.05, 3.63) is 39.5 Å². The van der Waals surface area contributed by atoms with E-state index in [-0.39, 0.29) is 5.97 Å². The third-order valence-electron chi connectivity index (χ3n) is 3.09. The van der Waals surface area contributed by atoms with E-state index in [1.165, 1.54) is 0 Å². The molecule has 0 N–H and O–H groups in total. The Bertz CT molecular complexity index is 704. The van der Waals surface area contributed by atoms with Crippen molar-refractivity contribution in [2.75, 3.05) is 6.61 Å². The molecule has 0 bridgehead atoms. The van der Waals surface area contributed by atoms with Crippen LogP contribution in [0.2, 0.25) is 0 Å². The molecule has 2 heterocycles. The van der Waals surface area contributed by atoms with Crippen LogP contribution in [0.5, 0.6) is 0 Å². The molecule has 104 valence electrons. The maximum Gasteiger partial charge on any atom is 0.339 e. The van der Waals surface area contributed by atoms with Crippen molar-refractivity contribution in [2.45, 2.75) is 27.7 Å². The third-order valence-corrected chi connectivity index (χ3v) is 4.12. The van der Waals surface area contributed by atoms with Crippen LogP contribution in [0.15, 0.2) is 12.1 Å². The standard InChI is InChI=1S/C15H16N2O2S/c1-5-19-15(18)13-6-9(2)17(11(13)4)14-12(8-16)7-10(3)20-14/h6-7H,5H2,1-4H3. The number of aromatic nitrogens is 1. The molecule has 2 aromatic rings. The summed E-state index contributed by atoms with van der Waals surface area (Å²) in [5, 5.41) is 10.1. The molecule has 0 aromatic carbocycles. The molecular weight excluding hydrogens is 272 g/mol. The van der Waals surface area contributed by atoms with Gasteiger partial charge in [0.15, 0.2) is 0 Å². The molecule has 0 saturated heterocycles. The van der Waals surface area contributed by atoms with Crippen LogP contribution >= 0.6 is 11.3 Å². The van der Waals surface area contributed by atoms with Gasteiger partial charge in [0.05, 0.1) is 17.7 Å². The number of hydrogen-bond donors (Lipinski definition) is 0. The molecule has 4 nitrogen and oxygen atoms in total. The lowest BCUT2D eigenvalue weighted by Gasteiger charge is -2.07. The summed E-state index contributed by atoms with van der Waals surface area (Å²) < 4.78 is 7.01. The Morgan fingerprint density at radius 3 is 2.70 bits per heavy atom. The van der Waals surface area contributed by atoms with E-state index in [1.807, 2.05) is 37.5 Å². The van der Waals surface area contributed by atoms with E-state index in [0.717, 1.165) is 21.3 Å². The van der Waals surface area contributed by atoms with E-state index in [0.29, 0.717) is 17.7 Å². The lowest BCUT2D eigenvalue weighted by Crippen LogP contribution is -2.06. The predicted octanol–water partition coefficient (Wildman–Crippen LogP) is 3.51. The molecule has 0 unspecified atom stereocenters. The quantitative estimate of drug-likeness (QED) is 0.812. The number of rotatable bonds is 3. The number of hydrogen-bond acceptors (Lipinski definition) is 4. The summed E-state index contributed by atoms with van der Waals surface area (Å²) in [6.07, 6.45) is 0. The largest absolute Gasteiger partial charge is 0.462 e. The Labute approximate surface area is 122 Å². The van der Waals surface area contributed by atoms with Gasteiger partial charge in [0.1, 0.15) is 11.1 Å². The van der Waals surface area contributed by atoms with Gasteiger partial charge in [-0.2, -0.15) is 5.26 Å². The molecule has 0 amide bonds. The zero-order valence-corrected chi connectivity index (χ0v) is 12.8. The molecule has 0 fully saturated rings. The van der Waals surface area contributed by atoms with Crippen LogP contribution in [0.1, 0.15) is 39.1 Å². The second kappa shape index (κ2) is 5.51. The Kier molecular flexibility index (Phi) is 3.96. The van der Waals surface area contributed by atoms with Crippen LogP contribution in [-0.4, -0.2) is 17.1 Å². The summed E-state index contributed by atoms with van der Waals surface area (Å²) in [6.45, 7) is 7.90. The number of thiophene rings is 1. The minimum Gasteiger partial charge on any atom is -0.462 e. The number of aryl methyl sites for hydroxylation is 2. The lowest BCUT2D eigenvalue weighted by molar-refractivity contribution is 0.0525. The van der Waals surface area contributed by atoms with Gasteiger partial charge in [-0.3, -0.25) is 0 Å². The number of nitriles is 1. The normalized spacial score (nSPS) is 10.3. The van der Waals surface area contributed by atoms with Crippen molar-refractivity contribution in [1.82, 2.24) is 4.57 Å². The minimum atomic E-state index is -0.321. The first kappa shape index (κ1) is 14.4. The average Bonchev–Trinajstić information content (AvgIpc) is 2.90. The van der Waals surface area contributed by atoms with Gasteiger partial charge < -0.3 is 9.30 Å². The van der Waals surface area contributed by atoms with Crippen LogP contribution in [-0.2, 0) is 4.74 Å². The molecular formula is C15H16N2O2S. The second-order valence-corrected chi connectivity index (χ2v) is 5.76. The first-order chi connectivity index (χ1) is 9.49. The molecule has 20 heavy (non-hydrogen) atoms. The molecule has 0 spiro atoms. The van der Waals surface area contributed by atoms with E-state index >= 15 is 0 Å². The zero-order valence-electron chi connectivity index (χ0n) is 12.0. The van der Waals surface area contributed by atoms with Gasteiger partial charge in [0.25, 0.3) is 0 Å². The molecule has 5 heteroatoms. The van der Waals surface area contributed by atoms with Crippen molar-refractivity contribution in [2.24, 2.45) is 0 Å². The monoisotopic (exact) mass is 288 g/mol. The summed E-state index contributed by atoms with van der Waals surface area (Å²) >= 11 is 1.55. The van der Waals surface area contributed by atoms with Gasteiger partial charge in [0.2, 0.25) is 0 Å². The molecule has 2 rings (SSSR count). The Morgan fingerprint density at radius 1 is 1.40 bits per heavy atom. The van der Waals surface area contributed by atoms with Crippen LogP contribution in [0.3, 0.4) is 0 Å². The number of carbonyl (C=O) groups excluding carboxylic acids is 1. The summed E-state index contributed by atoms with van der Waals surface area (Å²) in [7, 11) is 0. The van der Waals surface area contributed by atoms with Gasteiger partial charge in [-0.1, -0.05) is 0 Å². The molecule has 0 saturated carbocycles. The Morgan fingerprint density at radius 2 is 2.10 bits per heavy atom. The van der Waals surface area contributed by atoms with Crippen molar-refractivity contribution in [3.63, 3.8) is 0 Å². The second-order valence-electron chi connectivity index (χ2n) is 4.53. The van der Waals surface area contributed by atoms with Gasteiger partial charge in [-0.05, 0) is 39.8 Å². The topological polar surface area (TPSA) is 55.0 Å². The van der Waals surface area contributed by atoms with Crippen LogP contribution in [0, 0.1) is 32.1 Å². The first-order valence-corrected chi connectivity index (χ1v) is 7.18. The molecule has 2 aromatic heterocycles. The van der Waals surface area contributed by atoms with Crippen molar-refractivity contribution in [3.8, 4) is 11.1 Å². The van der Waals surface area contributed by atoms with E-state index < -0.39 is 0 Å². The summed E-state index contributed by atoms with van der Waals surface area (Å²) in [5.74, 6) is -0.321. The van der Waals surface area contributed by atoms with Gasteiger partial charge in [0, 0.05) is 16.3 Å². The maximum absolute atomic E-state index is 11.9. The van der Waals surface area contributed by atoms with Crippen molar-refractivity contribution >= 4 is 17.3 Å². The maximum atomic E-state index is 11.9. The minimum absolute atomic E-state index is 0.321. The molecule has 0 aliphatic heterocycles. The highest BCUT2D eigenvalue weighted by atomic mass is 32.1. The number of carbonyl (C=O) groups is 1. The lowest BCUT2D eigenvalue weighted by atomic mass is 10.2. The van der Waals surface area contributed by atoms with Crippen LogP contribution in [0.25, 0.3) is 5.00 Å². The molecule has 0 aliphatic carbocycles. The Hall–Kier alpha value is -2.06. The number of ether oxygens (including phenoxy) is 1. The molecule has 0 atom stereocenters. The van der Waals surface area contributed by atoms with Crippen LogP contribution < -0.4 is 0 Å². The summed E-state index contributed by atoms with van der Waals surface area (Å²) in [5.41, 5.74) is 2.91. The summed E-state index contributed by atoms with van der Waals surface area (Å²) in [4.78, 5) is 13.0. The average molecular weight is 288 g/mol. The van der Waals surface area contributed by atoms with Crippen molar-refractivity contribution in [1.29, 1.82) is 5.26 Å². The number of esters is 1. The SMILES string of the molecule is CCOC(=O)c1cc(C)n(-c2sc(C)cc2C#N)c1C. The highest BCUT2D eigenvalue weighted by Gasteiger charge is 2.20. The van der Waals surface area contributed by atoms with E-state index in [9.17, 15) is 10.1 Å². The van der Waals surface area contributed by atoms with Gasteiger partial charge in [-0.15, -0.1) is 11.3 Å². The van der Waals surface area contributed by atoms with Gasteiger partial charge in [-0.25, -0.2) is 4.79 Å². The fourth-order valence-electron chi connectivity index (χ4n) is 2.24. The van der Waals surface area contributed by atoms with E-state index in [2.05, 4.69) is 6.07 Å². The van der Waals surface area contributed by atoms with Crippen LogP contribution in [0.4, 0.5) is 0 Å². The number of nitrogens with zero attached hydrogens (tertiary/aromatic N) is 2. The van der Waals surface area contributed by atoms with Gasteiger partial charge >= 0.3 is 5.97 Å². The smallest absolute Gasteiger partial charge is 0.339 e. The fraction of sp³-hybridized carbons (Fsp3) is 0.333. The first-order valence-electron chi connectivity index (χ1n) is 6.36.